The molecule has 17 heavy (non-hydrogen) atoms. The summed E-state index contributed by atoms with van der Waals surface area (Å²) in [6, 6.07) is 0. The Morgan fingerprint density at radius 1 is 1.41 bits per heavy atom. The monoisotopic (exact) mass is 299 g/mol. The molecule has 1 aliphatic heterocycles. The molecule has 0 amide bonds. The molecule has 0 saturated carbocycles. The lowest BCUT2D eigenvalue weighted by atomic mass is 10.3. The maximum absolute atomic E-state index is 11.5. The average Bonchev–Trinajstić information content (AvgIpc) is 2.27. The summed E-state index contributed by atoms with van der Waals surface area (Å²) in [5.41, 5.74) is 0. The Bertz CT molecular complexity index is 338. The zero-order valence-corrected chi connectivity index (χ0v) is 11.9. The first-order valence-electron chi connectivity index (χ1n) is 5.38. The second-order valence-corrected chi connectivity index (χ2v) is 8.22. The average molecular weight is 299 g/mol. The first-order valence-corrected chi connectivity index (χ1v) is 9.23. The van der Waals surface area contributed by atoms with E-state index in [1.165, 1.54) is 0 Å². The van der Waals surface area contributed by atoms with Crippen molar-refractivity contribution in [3.05, 3.63) is 0 Å². The maximum atomic E-state index is 11.5. The summed E-state index contributed by atoms with van der Waals surface area (Å²) < 4.78 is 25.6. The molecule has 1 unspecified atom stereocenters. The van der Waals surface area contributed by atoms with Crippen LogP contribution in [0.5, 0.6) is 0 Å². The molecule has 1 saturated heterocycles. The largest absolute Gasteiger partial charge is 0.481 e. The minimum absolute atomic E-state index is 0.102. The van der Waals surface area contributed by atoms with Gasteiger partial charge in [0.1, 0.15) is 0 Å². The topological polar surface area (TPSA) is 83.5 Å². The van der Waals surface area contributed by atoms with E-state index in [0.717, 1.165) is 17.3 Å². The van der Waals surface area contributed by atoms with Gasteiger partial charge in [-0.15, -0.1) is 0 Å². The summed E-state index contributed by atoms with van der Waals surface area (Å²) in [7, 11) is -3.31. The van der Waals surface area contributed by atoms with Gasteiger partial charge in [-0.05, 0) is 6.42 Å². The molecule has 1 rings (SSSR count). The third-order valence-corrected chi connectivity index (χ3v) is 6.50. The van der Waals surface area contributed by atoms with E-state index >= 15 is 0 Å². The number of rotatable bonds is 7. The Morgan fingerprint density at radius 3 is 2.76 bits per heavy atom. The number of sulfonamides is 1. The highest BCUT2D eigenvalue weighted by atomic mass is 32.2. The molecular weight excluding hydrogens is 282 g/mol. The molecule has 0 radical (unpaired) electrons. The van der Waals surface area contributed by atoms with Crippen molar-refractivity contribution in [2.45, 2.75) is 18.1 Å². The van der Waals surface area contributed by atoms with Crippen LogP contribution in [-0.2, 0) is 14.8 Å². The zero-order chi connectivity index (χ0) is 12.7. The lowest BCUT2D eigenvalue weighted by Gasteiger charge is -2.21. The van der Waals surface area contributed by atoms with Crippen LogP contribution in [0, 0.1) is 0 Å². The van der Waals surface area contributed by atoms with E-state index in [2.05, 4.69) is 4.72 Å². The molecule has 1 fully saturated rings. The van der Waals surface area contributed by atoms with Gasteiger partial charge in [-0.3, -0.25) is 4.79 Å². The van der Waals surface area contributed by atoms with E-state index in [-0.39, 0.29) is 18.6 Å². The number of carboxylic acids is 1. The first kappa shape index (κ1) is 15.1. The van der Waals surface area contributed by atoms with Gasteiger partial charge in [-0.25, -0.2) is 13.1 Å². The smallest absolute Gasteiger partial charge is 0.303 e. The normalized spacial score (nSPS) is 21.3. The highest BCUT2D eigenvalue weighted by Gasteiger charge is 2.17. The van der Waals surface area contributed by atoms with Crippen LogP contribution >= 0.6 is 23.5 Å². The molecule has 0 aromatic rings. The molecular formula is C9H17NO4S3. The van der Waals surface area contributed by atoms with Gasteiger partial charge in [0.25, 0.3) is 0 Å². The molecule has 0 aromatic heterocycles. The standard InChI is InChI=1S/C9H17NO4S3/c11-9(12)2-1-5-17(13,14)10-6-8-7-15-3-4-16-8/h8,10H,1-7H2,(H,11,12). The minimum Gasteiger partial charge on any atom is -0.481 e. The molecule has 2 N–H and O–H groups in total. The quantitative estimate of drug-likeness (QED) is 0.717. The van der Waals surface area contributed by atoms with Crippen LogP contribution in [0.4, 0.5) is 0 Å². The Labute approximate surface area is 110 Å². The fourth-order valence-corrected chi connectivity index (χ4v) is 5.20. The first-order chi connectivity index (χ1) is 7.99. The molecule has 1 heterocycles. The molecule has 100 valence electrons. The van der Waals surface area contributed by atoms with E-state index in [1.54, 1.807) is 11.8 Å². The highest BCUT2D eigenvalue weighted by molar-refractivity contribution is 8.06. The van der Waals surface area contributed by atoms with Crippen LogP contribution in [0.2, 0.25) is 0 Å². The van der Waals surface area contributed by atoms with Gasteiger partial charge >= 0.3 is 5.97 Å². The van der Waals surface area contributed by atoms with Gasteiger partial charge in [0.05, 0.1) is 5.75 Å². The third-order valence-electron chi connectivity index (χ3n) is 2.22. The number of aliphatic carboxylic acids is 1. The Balaban J connectivity index is 2.21. The molecule has 0 bridgehead atoms. The summed E-state index contributed by atoms with van der Waals surface area (Å²) in [5.74, 6) is 2.11. The van der Waals surface area contributed by atoms with Crippen LogP contribution in [0.1, 0.15) is 12.8 Å². The Hall–Kier alpha value is 0.0800. The minimum atomic E-state index is -3.31. The van der Waals surface area contributed by atoms with Gasteiger partial charge < -0.3 is 5.11 Å². The number of carboxylic acid groups (broad SMARTS) is 1. The van der Waals surface area contributed by atoms with Crippen molar-refractivity contribution in [2.24, 2.45) is 0 Å². The summed E-state index contributed by atoms with van der Waals surface area (Å²) in [4.78, 5) is 10.3. The predicted octanol–water partition coefficient (Wildman–Crippen LogP) is 0.619. The number of carbonyl (C=O) groups is 1. The summed E-state index contributed by atoms with van der Waals surface area (Å²) in [6.45, 7) is 0.451. The summed E-state index contributed by atoms with van der Waals surface area (Å²) in [5, 5.41) is 8.76. The lowest BCUT2D eigenvalue weighted by molar-refractivity contribution is -0.137. The van der Waals surface area contributed by atoms with Crippen molar-refractivity contribution >= 4 is 39.5 Å². The fourth-order valence-electron chi connectivity index (χ4n) is 1.36. The SMILES string of the molecule is O=C(O)CCCS(=O)(=O)NCC1CSCCS1. The second kappa shape index (κ2) is 7.50. The van der Waals surface area contributed by atoms with E-state index in [0.29, 0.717) is 11.8 Å². The van der Waals surface area contributed by atoms with E-state index in [4.69, 9.17) is 5.11 Å². The van der Waals surface area contributed by atoms with Gasteiger partial charge in [-0.2, -0.15) is 23.5 Å². The lowest BCUT2D eigenvalue weighted by Crippen LogP contribution is -2.34. The molecule has 1 atom stereocenters. The molecule has 1 aliphatic rings. The van der Waals surface area contributed by atoms with Crippen LogP contribution in [0.3, 0.4) is 0 Å². The van der Waals surface area contributed by atoms with Crippen molar-refractivity contribution in [1.82, 2.24) is 4.72 Å². The van der Waals surface area contributed by atoms with Crippen LogP contribution < -0.4 is 4.72 Å². The Morgan fingerprint density at radius 2 is 2.18 bits per heavy atom. The zero-order valence-electron chi connectivity index (χ0n) is 9.42. The van der Waals surface area contributed by atoms with Gasteiger partial charge in [0.15, 0.2) is 0 Å². The van der Waals surface area contributed by atoms with E-state index in [9.17, 15) is 13.2 Å². The van der Waals surface area contributed by atoms with E-state index < -0.39 is 16.0 Å². The van der Waals surface area contributed by atoms with Crippen LogP contribution in [0.25, 0.3) is 0 Å². The van der Waals surface area contributed by atoms with Crippen molar-refractivity contribution in [1.29, 1.82) is 0 Å². The molecule has 0 spiro atoms. The van der Waals surface area contributed by atoms with Crippen molar-refractivity contribution < 1.29 is 18.3 Å². The number of hydrogen-bond acceptors (Lipinski definition) is 5. The highest BCUT2D eigenvalue weighted by Crippen LogP contribution is 2.23. The molecule has 0 aliphatic carbocycles. The number of thioether (sulfide) groups is 2. The van der Waals surface area contributed by atoms with Gasteiger partial charge in [0.2, 0.25) is 10.0 Å². The number of nitrogens with one attached hydrogen (secondary N) is 1. The molecule has 8 heteroatoms. The van der Waals surface area contributed by atoms with Crippen molar-refractivity contribution in [3.63, 3.8) is 0 Å². The summed E-state index contributed by atoms with van der Waals surface area (Å²) in [6.07, 6.45) is 0.0617. The Kier molecular flexibility index (Phi) is 6.68. The predicted molar refractivity (Wildman–Crippen MR) is 72.2 cm³/mol. The molecule has 5 nitrogen and oxygen atoms in total. The number of hydrogen-bond donors (Lipinski definition) is 2. The van der Waals surface area contributed by atoms with E-state index in [1.807, 2.05) is 11.8 Å². The fraction of sp³-hybridized carbons (Fsp3) is 0.889. The second-order valence-electron chi connectivity index (χ2n) is 3.73. The summed E-state index contributed by atoms with van der Waals surface area (Å²) >= 11 is 3.63. The van der Waals surface area contributed by atoms with Gasteiger partial charge in [-0.1, -0.05) is 0 Å². The van der Waals surface area contributed by atoms with Crippen molar-refractivity contribution in [3.8, 4) is 0 Å². The maximum Gasteiger partial charge on any atom is 0.303 e. The molecule has 0 aromatic carbocycles. The van der Waals surface area contributed by atoms with Crippen LogP contribution in [0.15, 0.2) is 0 Å². The van der Waals surface area contributed by atoms with Crippen molar-refractivity contribution in [2.75, 3.05) is 29.6 Å². The van der Waals surface area contributed by atoms with Gasteiger partial charge in [0, 0.05) is 35.5 Å². The third kappa shape index (κ3) is 7.17. The van der Waals surface area contributed by atoms with Crippen LogP contribution in [-0.4, -0.2) is 54.3 Å².